The maximum absolute atomic E-state index is 11.8. The standard InChI is InChI=1S/C17H30O4.C16H28O4.C13H21BrO4.C12H19BrO4.2B2HS/c1-6-7-8-9-10-11-14-15(12-13(2)19-14)20-16(18)21-17(3,4)5;1-6-7-8-9-13-14(11-10-12(2)18-13)19-15(17)20-16(3,4)5;1-3-9(14)10-5-4-6-11-12(7-8(2)16-10)18-13(15)17-11;1-3-9-8(13)6-11-10(16-12(14)17-11)5-4-7(2)15-9;2*1-3-2/h7-8,13-15H,6,9-12H2,1-5H3;7-8,12-14H,6,9-11H2,1-5H3;8-12H,3-7H2,1-2H3;7-11H,3-6H2,1-2H3;2*1H/b8-7-;8-7+;;;;/t13-,14-,15-;12-,13-,14-;8-,9-,10-,11+,12-;7-,8-,9+,10-,11+;;/m0000../s1/i;;;;2*1D. The summed E-state index contributed by atoms with van der Waals surface area (Å²) in [4.78, 5) is 46.5. The summed E-state index contributed by atoms with van der Waals surface area (Å²) in [5.41, 5.74) is -1.06. The van der Waals surface area contributed by atoms with Crippen LogP contribution in [0, 0.1) is 0 Å². The topological polar surface area (TPSA) is 179 Å². The van der Waals surface area contributed by atoms with Gasteiger partial charge in [0.15, 0.2) is 0 Å². The Labute approximate surface area is 523 Å². The molecule has 0 aromatic rings. The normalized spacial score (nSPS) is 31.2. The second kappa shape index (κ2) is 42.8. The van der Waals surface area contributed by atoms with Gasteiger partial charge in [0, 0.05) is 28.9 Å². The molecule has 0 spiro atoms. The van der Waals surface area contributed by atoms with E-state index in [1.807, 2.05) is 55.4 Å². The Balaban J connectivity index is 0.000000536. The molecule has 0 aliphatic carbocycles. The third kappa shape index (κ3) is 34.4. The molecule has 0 unspecified atom stereocenters. The molecule has 6 saturated heterocycles. The number of halogens is 2. The fourth-order valence-electron chi connectivity index (χ4n) is 9.71. The summed E-state index contributed by atoms with van der Waals surface area (Å²) < 4.78 is 78.2. The van der Waals surface area contributed by atoms with Crippen molar-refractivity contribution >= 4 is 105 Å². The molecular weight excluding hydrogens is 1220 g/mol. The average Bonchev–Trinajstić information content (AvgIpc) is 4.24. The first-order valence-electron chi connectivity index (χ1n) is 30.7. The number of allylic oxidation sites excluding steroid dienone is 3. The Kier molecular flexibility index (Phi) is 38.8. The molecule has 6 rings (SSSR count). The number of unbranched alkanes of at least 4 members (excludes halogenated alkanes) is 1. The van der Waals surface area contributed by atoms with Crippen LogP contribution in [0.25, 0.3) is 0 Å². The third-order valence-electron chi connectivity index (χ3n) is 13.5. The molecule has 16 atom stereocenters. The SMILES string of the molecule is CC/C=C/C[C@@H]1O[C@@H](C)CC[C@@H]1OC(=O)OC(C)(C)C.CC/C=C\CCC[C@@H]1O[C@@H](C)C[C@@H]1OC(=O)OC(C)(C)C.CC[C@H](Br)[C@@H]1CCC[C@H]2OC(=O)O[C@H]2C[C@H](C)O1.CC[C@H]1O[C@@H](C)CC[C@@H]2OC(=O)O[C@@H]2C[C@@H]1Br.[2H]B=S=[B].[2H]B=S=[B]. The van der Waals surface area contributed by atoms with E-state index < -0.39 is 35.8 Å². The van der Waals surface area contributed by atoms with Gasteiger partial charge in [-0.2, -0.15) is 0 Å². The van der Waals surface area contributed by atoms with Crippen molar-refractivity contribution in [2.45, 2.75) is 319 Å². The second-order valence-corrected chi connectivity index (χ2v) is 26.0. The number of ether oxygens (including phenoxy) is 12. The molecule has 6 heterocycles. The molecule has 6 fully saturated rings. The number of hydrogen-bond donors (Lipinski definition) is 0. The maximum atomic E-state index is 11.8. The summed E-state index contributed by atoms with van der Waals surface area (Å²) in [7, 11) is 1.80. The van der Waals surface area contributed by atoms with Gasteiger partial charge in [0.25, 0.3) is 0 Å². The number of hydrogen-bond acceptors (Lipinski definition) is 16. The van der Waals surface area contributed by atoms with Crippen LogP contribution in [-0.2, 0) is 56.8 Å². The number of fused-ring (bicyclic) bond motifs is 2. The van der Waals surface area contributed by atoms with Gasteiger partial charge in [-0.25, -0.2) is 19.2 Å². The van der Waals surface area contributed by atoms with Crippen molar-refractivity contribution in [3.05, 3.63) is 24.3 Å². The van der Waals surface area contributed by atoms with Gasteiger partial charge in [0.1, 0.15) is 47.8 Å². The van der Waals surface area contributed by atoms with Crippen LogP contribution in [0.3, 0.4) is 0 Å². The van der Waals surface area contributed by atoms with Gasteiger partial charge in [-0.3, -0.25) is 0 Å². The van der Waals surface area contributed by atoms with E-state index >= 15 is 0 Å². The van der Waals surface area contributed by atoms with Crippen LogP contribution >= 0.6 is 53.1 Å². The Morgan fingerprint density at radius 2 is 1.13 bits per heavy atom. The van der Waals surface area contributed by atoms with Gasteiger partial charge in [-0.05, 0) is 166 Å². The summed E-state index contributed by atoms with van der Waals surface area (Å²) in [6.07, 6.45) is 22.7. The molecule has 2 radical (unpaired) electrons. The average molecular weight is 1320 g/mol. The Morgan fingerprint density at radius 1 is 0.646 bits per heavy atom. The van der Waals surface area contributed by atoms with Gasteiger partial charge in [0.2, 0.25) is 0 Å². The van der Waals surface area contributed by atoms with Crippen molar-refractivity contribution in [1.82, 2.24) is 0 Å². The van der Waals surface area contributed by atoms with Crippen molar-refractivity contribution in [1.29, 1.82) is 2.67 Å². The predicted octanol–water partition coefficient (Wildman–Crippen LogP) is 14.5. The molecule has 0 saturated carbocycles. The Bertz CT molecular complexity index is 2040. The summed E-state index contributed by atoms with van der Waals surface area (Å²) in [6, 6.07) is 0. The van der Waals surface area contributed by atoms with Crippen molar-refractivity contribution in [3.8, 4) is 0 Å². The first kappa shape index (κ1) is 74.3. The van der Waals surface area contributed by atoms with Gasteiger partial charge in [-0.15, -0.1) is 0 Å². The molecule has 16 nitrogen and oxygen atoms in total. The van der Waals surface area contributed by atoms with Crippen LogP contribution in [0.4, 0.5) is 19.2 Å². The summed E-state index contributed by atoms with van der Waals surface area (Å²) in [5, 5.41) is 0. The van der Waals surface area contributed by atoms with E-state index in [1.54, 1.807) is 0 Å². The quantitative estimate of drug-likeness (QED) is 0.0424. The summed E-state index contributed by atoms with van der Waals surface area (Å²) in [6.45, 7) is 39.2. The summed E-state index contributed by atoms with van der Waals surface area (Å²) >= 11 is 7.33. The van der Waals surface area contributed by atoms with Crippen molar-refractivity contribution in [2.24, 2.45) is 0 Å². The fraction of sp³-hybridized carbons (Fsp3) is 0.862. The van der Waals surface area contributed by atoms with Crippen molar-refractivity contribution in [2.75, 3.05) is 0 Å². The zero-order valence-corrected chi connectivity index (χ0v) is 56.5. The molecule has 0 bridgehead atoms. The van der Waals surface area contributed by atoms with E-state index in [0.29, 0.717) is 4.83 Å². The minimum absolute atomic E-state index is 0.0115. The van der Waals surface area contributed by atoms with E-state index in [9.17, 15) is 19.2 Å². The number of rotatable bonds is 13. The molecule has 82 heavy (non-hydrogen) atoms. The van der Waals surface area contributed by atoms with E-state index in [-0.39, 0.29) is 90.3 Å². The molecule has 0 aromatic heterocycles. The molecule has 0 amide bonds. The molecule has 0 N–H and O–H groups in total. The van der Waals surface area contributed by atoms with Crippen LogP contribution in [0.1, 0.15) is 213 Å². The van der Waals surface area contributed by atoms with Crippen LogP contribution in [0.5, 0.6) is 0 Å². The number of carbonyl (C=O) groups is 4. The Morgan fingerprint density at radius 3 is 1.67 bits per heavy atom. The third-order valence-corrected chi connectivity index (χ3v) is 15.7. The Hall–Kier alpha value is -1.94. The van der Waals surface area contributed by atoms with Crippen molar-refractivity contribution in [3.63, 3.8) is 0 Å². The van der Waals surface area contributed by atoms with E-state index in [2.05, 4.69) is 97.7 Å². The van der Waals surface area contributed by atoms with Gasteiger partial charge >= 0.3 is 75.3 Å². The molecule has 24 heteroatoms. The molecule has 0 aromatic carbocycles. The zero-order valence-electron chi connectivity index (χ0n) is 53.7. The van der Waals surface area contributed by atoms with Gasteiger partial charge in [0.05, 0.1) is 48.8 Å². The fourth-order valence-corrected chi connectivity index (χ4v) is 11.0. The summed E-state index contributed by atoms with van der Waals surface area (Å²) in [5.74, 6) is 0. The molecule has 6 aliphatic rings. The number of carbonyl (C=O) groups excluding carboxylic acids is 4. The van der Waals surface area contributed by atoms with Crippen LogP contribution < -0.4 is 0 Å². The first-order chi connectivity index (χ1) is 39.7. The molecular formula is C58H100B4Br2O16S2. The van der Waals surface area contributed by atoms with Crippen LogP contribution in [0.15, 0.2) is 24.3 Å². The van der Waals surface area contributed by atoms with Gasteiger partial charge < -0.3 is 56.8 Å². The number of alkyl halides is 2. The van der Waals surface area contributed by atoms with E-state index in [4.69, 9.17) is 73.0 Å². The second-order valence-electron chi connectivity index (χ2n) is 23.1. The predicted molar refractivity (Wildman–Crippen MR) is 340 cm³/mol. The minimum atomic E-state index is -0.606. The van der Waals surface area contributed by atoms with Gasteiger partial charge in [-0.1, -0.05) is 83.9 Å². The van der Waals surface area contributed by atoms with Crippen molar-refractivity contribution < 1.29 is 76.0 Å². The van der Waals surface area contributed by atoms with E-state index in [1.165, 1.54) is 0 Å². The monoisotopic (exact) mass is 1320 g/mol. The molecule has 6 aliphatic heterocycles. The van der Waals surface area contributed by atoms with E-state index in [0.717, 1.165) is 150 Å². The van der Waals surface area contributed by atoms with Crippen LogP contribution in [0.2, 0.25) is 0 Å². The zero-order chi connectivity index (χ0) is 63.4. The first-order valence-corrected chi connectivity index (χ1v) is 33.2. The molecule has 466 valence electrons. The van der Waals surface area contributed by atoms with Crippen LogP contribution in [-0.4, -0.2) is 160 Å².